The van der Waals surface area contributed by atoms with Gasteiger partial charge in [0.05, 0.1) is 0 Å². The van der Waals surface area contributed by atoms with E-state index in [0.717, 1.165) is 12.3 Å². The Bertz CT molecular complexity index is 141. The molecule has 1 aliphatic rings. The van der Waals surface area contributed by atoms with Crippen molar-refractivity contribution >= 4 is 0 Å². The summed E-state index contributed by atoms with van der Waals surface area (Å²) < 4.78 is 10.9. The molecular weight excluding hydrogens is 152 g/mol. The molecule has 1 rings (SSSR count). The highest BCUT2D eigenvalue weighted by molar-refractivity contribution is 4.83. The van der Waals surface area contributed by atoms with Gasteiger partial charge in [0.15, 0.2) is 5.79 Å². The third kappa shape index (κ3) is 1.64. The van der Waals surface area contributed by atoms with Gasteiger partial charge in [0.1, 0.15) is 0 Å². The zero-order valence-corrected chi connectivity index (χ0v) is 8.59. The molecule has 12 heavy (non-hydrogen) atoms. The van der Waals surface area contributed by atoms with Gasteiger partial charge in [-0.25, -0.2) is 0 Å². The molecule has 1 aliphatic carbocycles. The zero-order valence-electron chi connectivity index (χ0n) is 8.59. The smallest absolute Gasteiger partial charge is 0.170 e. The third-order valence-electron chi connectivity index (χ3n) is 3.18. The van der Waals surface area contributed by atoms with Crippen LogP contribution < -0.4 is 0 Å². The number of rotatable bonds is 2. The number of ether oxygens (including phenoxy) is 2. The topological polar surface area (TPSA) is 18.5 Å². The fourth-order valence-corrected chi connectivity index (χ4v) is 2.28. The van der Waals surface area contributed by atoms with E-state index in [1.54, 1.807) is 14.2 Å². The molecule has 0 spiro atoms. The first kappa shape index (κ1) is 10.0. The first-order valence-electron chi connectivity index (χ1n) is 4.75. The molecule has 0 aromatic rings. The first-order valence-corrected chi connectivity index (χ1v) is 4.75. The van der Waals surface area contributed by atoms with Crippen LogP contribution in [0.2, 0.25) is 0 Å². The van der Waals surface area contributed by atoms with Crippen LogP contribution in [-0.2, 0) is 9.47 Å². The minimum Gasteiger partial charge on any atom is -0.353 e. The average Bonchev–Trinajstić information content (AvgIpc) is 2.06. The van der Waals surface area contributed by atoms with Crippen LogP contribution >= 0.6 is 0 Å². The molecule has 0 heterocycles. The second kappa shape index (κ2) is 3.75. The van der Waals surface area contributed by atoms with E-state index in [4.69, 9.17) is 9.47 Å². The van der Waals surface area contributed by atoms with E-state index in [0.29, 0.717) is 5.92 Å². The van der Waals surface area contributed by atoms with Gasteiger partial charge < -0.3 is 9.47 Å². The maximum absolute atomic E-state index is 5.47. The van der Waals surface area contributed by atoms with Crippen molar-refractivity contribution < 1.29 is 9.47 Å². The highest BCUT2D eigenvalue weighted by Crippen LogP contribution is 2.39. The molecule has 1 saturated carbocycles. The van der Waals surface area contributed by atoms with Crippen LogP contribution in [0.4, 0.5) is 0 Å². The molecule has 0 radical (unpaired) electrons. The number of methoxy groups -OCH3 is 2. The summed E-state index contributed by atoms with van der Waals surface area (Å²) in [7, 11) is 3.49. The second-order valence-corrected chi connectivity index (χ2v) is 4.00. The molecule has 0 aromatic heterocycles. The summed E-state index contributed by atoms with van der Waals surface area (Å²) in [4.78, 5) is 0. The van der Waals surface area contributed by atoms with Crippen LogP contribution in [0, 0.1) is 11.8 Å². The Morgan fingerprint density at radius 2 is 1.75 bits per heavy atom. The summed E-state index contributed by atoms with van der Waals surface area (Å²) >= 11 is 0. The molecular formula is C10H20O2. The van der Waals surface area contributed by atoms with Crippen molar-refractivity contribution in [2.75, 3.05) is 14.2 Å². The van der Waals surface area contributed by atoms with Crippen LogP contribution in [-0.4, -0.2) is 20.0 Å². The van der Waals surface area contributed by atoms with Crippen LogP contribution in [0.1, 0.15) is 33.1 Å². The SMILES string of the molecule is COC1(OC)CCC(C)CC1C. The summed E-state index contributed by atoms with van der Waals surface area (Å²) in [6.07, 6.45) is 3.45. The van der Waals surface area contributed by atoms with E-state index in [9.17, 15) is 0 Å². The van der Waals surface area contributed by atoms with Gasteiger partial charge in [0, 0.05) is 26.6 Å². The Morgan fingerprint density at radius 1 is 1.17 bits per heavy atom. The lowest BCUT2D eigenvalue weighted by atomic mass is 9.78. The van der Waals surface area contributed by atoms with Gasteiger partial charge in [-0.3, -0.25) is 0 Å². The third-order valence-corrected chi connectivity index (χ3v) is 3.18. The summed E-state index contributed by atoms with van der Waals surface area (Å²) in [5.41, 5.74) is 0. The molecule has 0 saturated heterocycles. The van der Waals surface area contributed by atoms with E-state index >= 15 is 0 Å². The molecule has 1 fully saturated rings. The molecule has 0 aromatic carbocycles. The minimum atomic E-state index is -0.299. The largest absolute Gasteiger partial charge is 0.353 e. The van der Waals surface area contributed by atoms with Gasteiger partial charge in [-0.2, -0.15) is 0 Å². The molecule has 2 unspecified atom stereocenters. The highest BCUT2D eigenvalue weighted by Gasteiger charge is 2.40. The van der Waals surface area contributed by atoms with Gasteiger partial charge in [0.2, 0.25) is 0 Å². The van der Waals surface area contributed by atoms with Crippen LogP contribution in [0.15, 0.2) is 0 Å². The molecule has 0 aliphatic heterocycles. The normalized spacial score (nSPS) is 35.0. The number of hydrogen-bond acceptors (Lipinski definition) is 2. The van der Waals surface area contributed by atoms with Gasteiger partial charge in [0.25, 0.3) is 0 Å². The lowest BCUT2D eigenvalue weighted by Crippen LogP contribution is -2.44. The van der Waals surface area contributed by atoms with E-state index in [2.05, 4.69) is 13.8 Å². The lowest BCUT2D eigenvalue weighted by molar-refractivity contribution is -0.254. The van der Waals surface area contributed by atoms with Crippen molar-refractivity contribution in [1.29, 1.82) is 0 Å². The standard InChI is InChI=1S/C10H20O2/c1-8-5-6-10(11-3,12-4)9(2)7-8/h8-9H,5-7H2,1-4H3. The Morgan fingerprint density at radius 3 is 2.17 bits per heavy atom. The van der Waals surface area contributed by atoms with Crippen molar-refractivity contribution in [1.82, 2.24) is 0 Å². The Hall–Kier alpha value is -0.0800. The van der Waals surface area contributed by atoms with E-state index in [-0.39, 0.29) is 5.79 Å². The predicted octanol–water partition coefficient (Wildman–Crippen LogP) is 2.43. The quantitative estimate of drug-likeness (QED) is 0.596. The van der Waals surface area contributed by atoms with Gasteiger partial charge >= 0.3 is 0 Å². The minimum absolute atomic E-state index is 0.299. The van der Waals surface area contributed by atoms with E-state index in [1.165, 1.54) is 12.8 Å². The summed E-state index contributed by atoms with van der Waals surface area (Å²) in [5.74, 6) is 1.03. The van der Waals surface area contributed by atoms with Crippen LogP contribution in [0.5, 0.6) is 0 Å². The molecule has 0 amide bonds. The van der Waals surface area contributed by atoms with Gasteiger partial charge in [-0.05, 0) is 18.8 Å². The zero-order chi connectivity index (χ0) is 9.19. The average molecular weight is 172 g/mol. The summed E-state index contributed by atoms with van der Waals surface area (Å²) in [6, 6.07) is 0. The Labute approximate surface area is 75.2 Å². The number of hydrogen-bond donors (Lipinski definition) is 0. The van der Waals surface area contributed by atoms with Crippen LogP contribution in [0.25, 0.3) is 0 Å². The maximum Gasteiger partial charge on any atom is 0.170 e. The molecule has 2 heteroatoms. The fourth-order valence-electron chi connectivity index (χ4n) is 2.28. The molecule has 2 atom stereocenters. The fraction of sp³-hybridized carbons (Fsp3) is 1.00. The van der Waals surface area contributed by atoms with Crippen molar-refractivity contribution in [3.63, 3.8) is 0 Å². The summed E-state index contributed by atoms with van der Waals surface area (Å²) in [5, 5.41) is 0. The molecule has 0 N–H and O–H groups in total. The predicted molar refractivity (Wildman–Crippen MR) is 48.9 cm³/mol. The van der Waals surface area contributed by atoms with Gasteiger partial charge in [-0.1, -0.05) is 13.8 Å². The highest BCUT2D eigenvalue weighted by atomic mass is 16.7. The Kier molecular flexibility index (Phi) is 3.13. The monoisotopic (exact) mass is 172 g/mol. The van der Waals surface area contributed by atoms with Crippen molar-refractivity contribution in [2.24, 2.45) is 11.8 Å². The van der Waals surface area contributed by atoms with E-state index < -0.39 is 0 Å². The van der Waals surface area contributed by atoms with Crippen molar-refractivity contribution in [3.8, 4) is 0 Å². The summed E-state index contributed by atoms with van der Waals surface area (Å²) in [6.45, 7) is 4.51. The van der Waals surface area contributed by atoms with Gasteiger partial charge in [-0.15, -0.1) is 0 Å². The second-order valence-electron chi connectivity index (χ2n) is 4.00. The molecule has 72 valence electrons. The van der Waals surface area contributed by atoms with E-state index in [1.807, 2.05) is 0 Å². The van der Waals surface area contributed by atoms with Crippen molar-refractivity contribution in [3.05, 3.63) is 0 Å². The molecule has 0 bridgehead atoms. The Balaban J connectivity index is 2.64. The van der Waals surface area contributed by atoms with Crippen LogP contribution in [0.3, 0.4) is 0 Å². The first-order chi connectivity index (χ1) is 5.64. The van der Waals surface area contributed by atoms with Crippen molar-refractivity contribution in [2.45, 2.75) is 38.9 Å². The molecule has 2 nitrogen and oxygen atoms in total. The lowest BCUT2D eigenvalue weighted by Gasteiger charge is -2.42. The maximum atomic E-state index is 5.47.